The Morgan fingerprint density at radius 2 is 2.10 bits per heavy atom. The van der Waals surface area contributed by atoms with Gasteiger partial charge in [-0.3, -0.25) is 9.59 Å². The van der Waals surface area contributed by atoms with E-state index in [0.717, 1.165) is 30.5 Å². The van der Waals surface area contributed by atoms with Crippen LogP contribution < -0.4 is 0 Å². The molecule has 1 unspecified atom stereocenters. The van der Waals surface area contributed by atoms with Gasteiger partial charge in [-0.1, -0.05) is 24.3 Å². The van der Waals surface area contributed by atoms with E-state index < -0.39 is 5.97 Å². The van der Waals surface area contributed by atoms with Crippen molar-refractivity contribution in [3.63, 3.8) is 0 Å². The van der Waals surface area contributed by atoms with Crippen molar-refractivity contribution >= 4 is 11.9 Å². The number of rotatable bonds is 5. The number of piperidine rings is 1. The summed E-state index contributed by atoms with van der Waals surface area (Å²) < 4.78 is 0. The van der Waals surface area contributed by atoms with E-state index in [4.69, 9.17) is 5.11 Å². The van der Waals surface area contributed by atoms with Crippen molar-refractivity contribution in [1.29, 1.82) is 0 Å². The summed E-state index contributed by atoms with van der Waals surface area (Å²) in [6, 6.07) is 7.96. The Kier molecular flexibility index (Phi) is 5.37. The highest BCUT2D eigenvalue weighted by molar-refractivity contribution is 5.79. The minimum atomic E-state index is -0.752. The maximum atomic E-state index is 12.4. The number of aliphatic carboxylic acids is 1. The number of aryl methyl sites for hydroxylation is 1. The topological polar surface area (TPSA) is 57.6 Å². The van der Waals surface area contributed by atoms with Crippen molar-refractivity contribution in [2.45, 2.75) is 39.0 Å². The molecular weight excluding hydrogens is 266 g/mol. The molecule has 0 bridgehead atoms. The average molecular weight is 289 g/mol. The Bertz CT molecular complexity index is 513. The zero-order chi connectivity index (χ0) is 15.2. The summed E-state index contributed by atoms with van der Waals surface area (Å²) in [7, 11) is 0. The summed E-state index contributed by atoms with van der Waals surface area (Å²) in [5.74, 6) is -0.265. The molecule has 0 aliphatic carbocycles. The summed E-state index contributed by atoms with van der Waals surface area (Å²) in [5.41, 5.74) is 2.22. The smallest absolute Gasteiger partial charge is 0.303 e. The molecule has 1 saturated heterocycles. The molecular formula is C17H23NO3. The third kappa shape index (κ3) is 4.59. The number of benzene rings is 1. The lowest BCUT2D eigenvalue weighted by Crippen LogP contribution is -2.40. The van der Waals surface area contributed by atoms with E-state index in [9.17, 15) is 9.59 Å². The molecule has 1 aliphatic rings. The van der Waals surface area contributed by atoms with E-state index >= 15 is 0 Å². The summed E-state index contributed by atoms with van der Waals surface area (Å²) >= 11 is 0. The molecule has 1 N–H and O–H groups in total. The molecule has 1 atom stereocenters. The van der Waals surface area contributed by atoms with Gasteiger partial charge in [0.15, 0.2) is 0 Å². The SMILES string of the molecule is Cc1ccccc1CC(=O)N1CCCC(CCC(=O)O)C1. The Hall–Kier alpha value is -1.84. The third-order valence-corrected chi connectivity index (χ3v) is 4.24. The summed E-state index contributed by atoms with van der Waals surface area (Å²) in [5, 5.41) is 8.76. The summed E-state index contributed by atoms with van der Waals surface area (Å²) in [4.78, 5) is 25.0. The molecule has 1 aromatic carbocycles. The maximum Gasteiger partial charge on any atom is 0.303 e. The molecule has 0 radical (unpaired) electrons. The van der Waals surface area contributed by atoms with Crippen LogP contribution >= 0.6 is 0 Å². The molecule has 4 nitrogen and oxygen atoms in total. The first kappa shape index (κ1) is 15.5. The molecule has 0 saturated carbocycles. The van der Waals surface area contributed by atoms with Crippen LogP contribution in [-0.2, 0) is 16.0 Å². The van der Waals surface area contributed by atoms with Gasteiger partial charge < -0.3 is 10.0 Å². The van der Waals surface area contributed by atoms with Crippen LogP contribution in [0, 0.1) is 12.8 Å². The fourth-order valence-corrected chi connectivity index (χ4v) is 2.94. The van der Waals surface area contributed by atoms with Crippen LogP contribution in [0.3, 0.4) is 0 Å². The highest BCUT2D eigenvalue weighted by Crippen LogP contribution is 2.22. The van der Waals surface area contributed by atoms with Gasteiger partial charge in [0.25, 0.3) is 0 Å². The van der Waals surface area contributed by atoms with Gasteiger partial charge in [-0.05, 0) is 43.2 Å². The molecule has 1 amide bonds. The molecule has 1 fully saturated rings. The van der Waals surface area contributed by atoms with Crippen LogP contribution in [0.1, 0.15) is 36.8 Å². The Morgan fingerprint density at radius 3 is 2.81 bits per heavy atom. The average Bonchev–Trinajstić information content (AvgIpc) is 2.48. The minimum Gasteiger partial charge on any atom is -0.481 e. The van der Waals surface area contributed by atoms with Crippen LogP contribution in [0.5, 0.6) is 0 Å². The predicted octanol–water partition coefficient (Wildman–Crippen LogP) is 2.64. The Labute approximate surface area is 125 Å². The van der Waals surface area contributed by atoms with Gasteiger partial charge in [-0.15, -0.1) is 0 Å². The van der Waals surface area contributed by atoms with Crippen molar-refractivity contribution in [3.05, 3.63) is 35.4 Å². The van der Waals surface area contributed by atoms with Crippen molar-refractivity contribution in [2.75, 3.05) is 13.1 Å². The monoisotopic (exact) mass is 289 g/mol. The lowest BCUT2D eigenvalue weighted by atomic mass is 9.93. The van der Waals surface area contributed by atoms with Crippen LogP contribution in [0.2, 0.25) is 0 Å². The fourth-order valence-electron chi connectivity index (χ4n) is 2.94. The molecule has 2 rings (SSSR count). The number of hydrogen-bond donors (Lipinski definition) is 1. The van der Waals surface area contributed by atoms with E-state index in [0.29, 0.717) is 25.3 Å². The second-order valence-electron chi connectivity index (χ2n) is 5.88. The molecule has 114 valence electrons. The fraction of sp³-hybridized carbons (Fsp3) is 0.529. The molecule has 1 heterocycles. The first-order valence-corrected chi connectivity index (χ1v) is 7.60. The minimum absolute atomic E-state index is 0.157. The predicted molar refractivity (Wildman–Crippen MR) is 81.1 cm³/mol. The highest BCUT2D eigenvalue weighted by atomic mass is 16.4. The number of amides is 1. The number of carboxylic acids is 1. The van der Waals surface area contributed by atoms with Crippen molar-refractivity contribution in [1.82, 2.24) is 4.90 Å². The van der Waals surface area contributed by atoms with Gasteiger partial charge in [0, 0.05) is 19.5 Å². The molecule has 4 heteroatoms. The van der Waals surface area contributed by atoms with Gasteiger partial charge in [0.2, 0.25) is 5.91 Å². The summed E-state index contributed by atoms with van der Waals surface area (Å²) in [6.45, 7) is 3.53. The molecule has 0 aromatic heterocycles. The number of nitrogens with zero attached hydrogens (tertiary/aromatic N) is 1. The van der Waals surface area contributed by atoms with E-state index in [-0.39, 0.29) is 12.3 Å². The van der Waals surface area contributed by atoms with Crippen molar-refractivity contribution in [2.24, 2.45) is 5.92 Å². The lowest BCUT2D eigenvalue weighted by Gasteiger charge is -2.33. The number of likely N-dealkylation sites (tertiary alicyclic amines) is 1. The Morgan fingerprint density at radius 1 is 1.33 bits per heavy atom. The summed E-state index contributed by atoms with van der Waals surface area (Å²) in [6.07, 6.45) is 3.32. The number of carboxylic acid groups (broad SMARTS) is 1. The van der Waals surface area contributed by atoms with Gasteiger partial charge in [0.05, 0.1) is 6.42 Å². The quantitative estimate of drug-likeness (QED) is 0.906. The number of carbonyl (C=O) groups is 2. The molecule has 0 spiro atoms. The van der Waals surface area contributed by atoms with Crippen LogP contribution in [0.4, 0.5) is 0 Å². The van der Waals surface area contributed by atoms with E-state index in [2.05, 4.69) is 0 Å². The standard InChI is InChI=1S/C17H23NO3/c1-13-5-2-3-7-15(13)11-16(19)18-10-4-6-14(12-18)8-9-17(20)21/h2-3,5,7,14H,4,6,8-12H2,1H3,(H,20,21). The van der Waals surface area contributed by atoms with Crippen molar-refractivity contribution < 1.29 is 14.7 Å². The second kappa shape index (κ2) is 7.25. The second-order valence-corrected chi connectivity index (χ2v) is 5.88. The lowest BCUT2D eigenvalue weighted by molar-refractivity contribution is -0.137. The molecule has 1 aliphatic heterocycles. The van der Waals surface area contributed by atoms with Crippen molar-refractivity contribution in [3.8, 4) is 0 Å². The van der Waals surface area contributed by atoms with Gasteiger partial charge in [0.1, 0.15) is 0 Å². The van der Waals surface area contributed by atoms with Crippen LogP contribution in [0.15, 0.2) is 24.3 Å². The van der Waals surface area contributed by atoms with E-state index in [1.54, 1.807) is 0 Å². The zero-order valence-electron chi connectivity index (χ0n) is 12.5. The van der Waals surface area contributed by atoms with Crippen LogP contribution in [0.25, 0.3) is 0 Å². The molecule has 21 heavy (non-hydrogen) atoms. The first-order chi connectivity index (χ1) is 10.1. The van der Waals surface area contributed by atoms with Crippen LogP contribution in [-0.4, -0.2) is 35.0 Å². The largest absolute Gasteiger partial charge is 0.481 e. The van der Waals surface area contributed by atoms with Gasteiger partial charge in [-0.25, -0.2) is 0 Å². The first-order valence-electron chi connectivity index (χ1n) is 7.60. The maximum absolute atomic E-state index is 12.4. The van der Waals surface area contributed by atoms with E-state index in [1.807, 2.05) is 36.1 Å². The third-order valence-electron chi connectivity index (χ3n) is 4.24. The van der Waals surface area contributed by atoms with Gasteiger partial charge >= 0.3 is 5.97 Å². The Balaban J connectivity index is 1.90. The van der Waals surface area contributed by atoms with E-state index in [1.165, 1.54) is 0 Å². The highest BCUT2D eigenvalue weighted by Gasteiger charge is 2.24. The van der Waals surface area contributed by atoms with Gasteiger partial charge in [-0.2, -0.15) is 0 Å². The number of carbonyl (C=O) groups excluding carboxylic acids is 1. The molecule has 1 aromatic rings. The normalized spacial score (nSPS) is 18.5. The number of hydrogen-bond acceptors (Lipinski definition) is 2. The zero-order valence-corrected chi connectivity index (χ0v) is 12.5.